The van der Waals surface area contributed by atoms with Crippen LogP contribution in [0.4, 0.5) is 5.82 Å². The molecule has 11 nitrogen and oxygen atoms in total. The summed E-state index contributed by atoms with van der Waals surface area (Å²) in [6, 6.07) is 3.50. The lowest BCUT2D eigenvalue weighted by Crippen LogP contribution is -2.23. The molecule has 0 aromatic carbocycles. The molecule has 0 aliphatic heterocycles. The summed E-state index contributed by atoms with van der Waals surface area (Å²) in [7, 11) is 0. The molecule has 0 aliphatic rings. The van der Waals surface area contributed by atoms with Gasteiger partial charge in [-0.1, -0.05) is 5.92 Å². The first-order valence-electron chi connectivity index (χ1n) is 9.66. The molecule has 0 bridgehead atoms. The van der Waals surface area contributed by atoms with Gasteiger partial charge in [-0.25, -0.2) is 19.5 Å². The molecule has 0 spiro atoms. The number of fused-ring (bicyclic) bond motifs is 1. The second-order valence-electron chi connectivity index (χ2n) is 6.70. The Kier molecular flexibility index (Phi) is 5.21. The Bertz CT molecular complexity index is 1510. The molecule has 3 N–H and O–H groups in total. The van der Waals surface area contributed by atoms with Crippen LogP contribution in [0.1, 0.15) is 21.1 Å². The largest absolute Gasteiger partial charge is 0.461 e. The highest BCUT2D eigenvalue weighted by atomic mass is 32.1. The van der Waals surface area contributed by atoms with Gasteiger partial charge in [-0.3, -0.25) is 14.8 Å². The summed E-state index contributed by atoms with van der Waals surface area (Å²) in [5.41, 5.74) is 8.03. The van der Waals surface area contributed by atoms with Crippen molar-refractivity contribution in [2.75, 3.05) is 12.3 Å². The van der Waals surface area contributed by atoms with Crippen LogP contribution in [0, 0.1) is 18.8 Å². The average molecular weight is 457 g/mol. The minimum Gasteiger partial charge on any atom is -0.461 e. The Morgan fingerprint density at radius 2 is 2.21 bits per heavy atom. The van der Waals surface area contributed by atoms with Gasteiger partial charge >= 0.3 is 0 Å². The Morgan fingerprint density at radius 1 is 1.30 bits per heavy atom. The van der Waals surface area contributed by atoms with Crippen LogP contribution in [0.3, 0.4) is 0 Å². The quantitative estimate of drug-likeness (QED) is 0.386. The number of hydrogen-bond donors (Lipinski definition) is 2. The number of thiazole rings is 1. The molecule has 0 aliphatic carbocycles. The summed E-state index contributed by atoms with van der Waals surface area (Å²) in [4.78, 5) is 34.3. The number of rotatable bonds is 4. The summed E-state index contributed by atoms with van der Waals surface area (Å²) >= 11 is 1.25. The summed E-state index contributed by atoms with van der Waals surface area (Å²) in [6.07, 6.45) is 7.92. The lowest BCUT2D eigenvalue weighted by molar-refractivity contribution is 0.0962. The number of aromatic nitrogens is 7. The maximum absolute atomic E-state index is 12.6. The number of aryl methyl sites for hydroxylation is 1. The van der Waals surface area contributed by atoms with E-state index in [1.54, 1.807) is 43.8 Å². The number of carbonyl (C=O) groups excluding carboxylic acids is 1. The van der Waals surface area contributed by atoms with Crippen molar-refractivity contribution in [1.29, 1.82) is 0 Å². The van der Waals surface area contributed by atoms with Crippen LogP contribution in [-0.4, -0.2) is 47.0 Å². The smallest absolute Gasteiger partial charge is 0.264 e. The predicted molar refractivity (Wildman–Crippen MR) is 120 cm³/mol. The molecule has 0 saturated heterocycles. The zero-order valence-electron chi connectivity index (χ0n) is 17.2. The average Bonchev–Trinajstić information content (AvgIpc) is 3.56. The Hall–Kier alpha value is -4.63. The maximum Gasteiger partial charge on any atom is 0.264 e. The van der Waals surface area contributed by atoms with E-state index in [9.17, 15) is 4.79 Å². The van der Waals surface area contributed by atoms with E-state index in [-0.39, 0.29) is 18.3 Å². The molecule has 0 fully saturated rings. The normalized spacial score (nSPS) is 10.7. The van der Waals surface area contributed by atoms with E-state index in [4.69, 9.17) is 10.2 Å². The van der Waals surface area contributed by atoms with Gasteiger partial charge in [0.15, 0.2) is 17.2 Å². The summed E-state index contributed by atoms with van der Waals surface area (Å²) in [5.74, 6) is 6.58. The van der Waals surface area contributed by atoms with Gasteiger partial charge in [0.05, 0.1) is 30.9 Å². The third-order valence-corrected chi connectivity index (χ3v) is 5.61. The van der Waals surface area contributed by atoms with Crippen LogP contribution < -0.4 is 11.1 Å². The highest BCUT2D eigenvalue weighted by Gasteiger charge is 2.16. The highest BCUT2D eigenvalue weighted by molar-refractivity contribution is 7.17. The third-order valence-electron chi connectivity index (χ3n) is 4.43. The van der Waals surface area contributed by atoms with Gasteiger partial charge in [-0.15, -0.1) is 16.4 Å². The Balaban J connectivity index is 1.28. The van der Waals surface area contributed by atoms with E-state index in [1.807, 2.05) is 0 Å². The van der Waals surface area contributed by atoms with Crippen molar-refractivity contribution >= 4 is 28.7 Å². The van der Waals surface area contributed by atoms with Crippen LogP contribution in [0.5, 0.6) is 0 Å². The van der Waals surface area contributed by atoms with Crippen LogP contribution in [0.2, 0.25) is 0 Å². The van der Waals surface area contributed by atoms with Crippen molar-refractivity contribution in [2.24, 2.45) is 0 Å². The van der Waals surface area contributed by atoms with Crippen LogP contribution in [-0.2, 0) is 0 Å². The van der Waals surface area contributed by atoms with Crippen molar-refractivity contribution in [3.63, 3.8) is 0 Å². The highest BCUT2D eigenvalue weighted by Crippen LogP contribution is 2.25. The zero-order chi connectivity index (χ0) is 22.8. The van der Waals surface area contributed by atoms with Gasteiger partial charge in [-0.05, 0) is 25.0 Å². The second kappa shape index (κ2) is 8.48. The summed E-state index contributed by atoms with van der Waals surface area (Å²) in [6.45, 7) is 1.89. The minimum absolute atomic E-state index is 0.116. The van der Waals surface area contributed by atoms with Gasteiger partial charge < -0.3 is 15.5 Å². The van der Waals surface area contributed by atoms with Crippen molar-refractivity contribution < 1.29 is 9.21 Å². The molecule has 0 atom stereocenters. The van der Waals surface area contributed by atoms with E-state index >= 15 is 0 Å². The molecule has 5 aromatic heterocycles. The molecule has 33 heavy (non-hydrogen) atoms. The molecule has 162 valence electrons. The summed E-state index contributed by atoms with van der Waals surface area (Å²) < 4.78 is 6.81. The number of nitrogens with one attached hydrogen (secondary N) is 1. The lowest BCUT2D eigenvalue weighted by atomic mass is 10.3. The van der Waals surface area contributed by atoms with E-state index in [1.165, 1.54) is 22.1 Å². The van der Waals surface area contributed by atoms with E-state index in [0.717, 1.165) is 0 Å². The molecular weight excluding hydrogens is 442 g/mol. The van der Waals surface area contributed by atoms with Gasteiger partial charge in [0.1, 0.15) is 21.3 Å². The SMILES string of the molecule is Cc1nc(-c2cnccn2)sc1C(=O)NCC#Cc1cn2nc(-c3ccco3)nc2c(N)n1. The Labute approximate surface area is 190 Å². The van der Waals surface area contributed by atoms with Crippen LogP contribution in [0.15, 0.2) is 47.6 Å². The van der Waals surface area contributed by atoms with E-state index < -0.39 is 0 Å². The molecular formula is C21H15N9O2S. The fourth-order valence-electron chi connectivity index (χ4n) is 2.95. The molecule has 0 unspecified atom stereocenters. The minimum atomic E-state index is -0.267. The number of nitrogen functional groups attached to an aromatic ring is 1. The number of anilines is 1. The van der Waals surface area contributed by atoms with Crippen molar-refractivity contribution in [3.05, 3.63) is 59.4 Å². The fraction of sp³-hybridized carbons (Fsp3) is 0.0952. The van der Waals surface area contributed by atoms with Crippen molar-refractivity contribution in [3.8, 4) is 34.1 Å². The first-order valence-corrected chi connectivity index (χ1v) is 10.5. The van der Waals surface area contributed by atoms with Crippen LogP contribution >= 0.6 is 11.3 Å². The van der Waals surface area contributed by atoms with Crippen molar-refractivity contribution in [2.45, 2.75) is 6.92 Å². The molecule has 5 heterocycles. The monoisotopic (exact) mass is 457 g/mol. The standard InChI is InChI=1S/C21H15N9O2S/c1-12-16(33-21(26-12)14-10-23-7-8-24-14)20(31)25-6-2-4-13-11-30-19(17(22)27-13)28-18(29-30)15-5-3-9-32-15/h3,5,7-11H,6H2,1H3,(H2,22,27)(H,25,31). The Morgan fingerprint density at radius 3 is 3.00 bits per heavy atom. The summed E-state index contributed by atoms with van der Waals surface area (Å²) in [5, 5.41) is 7.74. The fourth-order valence-corrected chi connectivity index (χ4v) is 3.89. The number of nitrogens with two attached hydrogens (primary N) is 1. The van der Waals surface area contributed by atoms with E-state index in [2.05, 4.69) is 47.2 Å². The van der Waals surface area contributed by atoms with Gasteiger partial charge in [-0.2, -0.15) is 0 Å². The van der Waals surface area contributed by atoms with Gasteiger partial charge in [0, 0.05) is 12.4 Å². The van der Waals surface area contributed by atoms with Crippen LogP contribution in [0.25, 0.3) is 27.9 Å². The van der Waals surface area contributed by atoms with Gasteiger partial charge in [0.2, 0.25) is 5.82 Å². The number of carbonyl (C=O) groups is 1. The van der Waals surface area contributed by atoms with E-state index in [0.29, 0.717) is 44.2 Å². The lowest BCUT2D eigenvalue weighted by Gasteiger charge is -1.99. The molecule has 5 rings (SSSR count). The second-order valence-corrected chi connectivity index (χ2v) is 7.70. The number of hydrogen-bond acceptors (Lipinski definition) is 10. The molecule has 1 amide bonds. The maximum atomic E-state index is 12.6. The number of furan rings is 1. The number of nitrogens with zero attached hydrogens (tertiary/aromatic N) is 7. The third kappa shape index (κ3) is 4.12. The first-order chi connectivity index (χ1) is 16.1. The topological polar surface area (TPSA) is 150 Å². The molecule has 0 saturated carbocycles. The first kappa shape index (κ1) is 20.3. The molecule has 5 aromatic rings. The van der Waals surface area contributed by atoms with Gasteiger partial charge in [0.25, 0.3) is 5.91 Å². The van der Waals surface area contributed by atoms with Crippen molar-refractivity contribution in [1.82, 2.24) is 39.9 Å². The zero-order valence-corrected chi connectivity index (χ0v) is 18.0. The predicted octanol–water partition coefficient (Wildman–Crippen LogP) is 1.97. The number of amides is 1. The molecule has 12 heteroatoms. The molecule has 0 radical (unpaired) electrons.